The van der Waals surface area contributed by atoms with Gasteiger partial charge in [-0.3, -0.25) is 9.69 Å². The smallest absolute Gasteiger partial charge is 0.406 e. The van der Waals surface area contributed by atoms with Gasteiger partial charge in [-0.2, -0.15) is 0 Å². The van der Waals surface area contributed by atoms with Crippen LogP contribution in [0.2, 0.25) is 0 Å². The van der Waals surface area contributed by atoms with Crippen LogP contribution >= 0.6 is 11.3 Å². The summed E-state index contributed by atoms with van der Waals surface area (Å²) in [5, 5.41) is 5.21. The van der Waals surface area contributed by atoms with Crippen molar-refractivity contribution in [1.29, 1.82) is 0 Å². The van der Waals surface area contributed by atoms with Crippen molar-refractivity contribution in [2.45, 2.75) is 25.7 Å². The van der Waals surface area contributed by atoms with Crippen LogP contribution in [0.25, 0.3) is 0 Å². The molecular weight excluding hydrogens is 367 g/mol. The van der Waals surface area contributed by atoms with E-state index >= 15 is 0 Å². The number of piperidine rings is 1. The van der Waals surface area contributed by atoms with Gasteiger partial charge in [-0.05, 0) is 37.1 Å². The molecule has 5 nitrogen and oxygen atoms in total. The summed E-state index contributed by atoms with van der Waals surface area (Å²) in [4.78, 5) is 18.5. The summed E-state index contributed by atoms with van der Waals surface area (Å²) in [6.07, 6.45) is -1.34. The lowest BCUT2D eigenvalue weighted by molar-refractivity contribution is -0.274. The van der Waals surface area contributed by atoms with Crippen molar-refractivity contribution in [1.82, 2.24) is 9.88 Å². The van der Waals surface area contributed by atoms with Gasteiger partial charge >= 0.3 is 6.36 Å². The number of hydrogen-bond donors (Lipinski definition) is 1. The molecule has 1 aliphatic heterocycles. The zero-order chi connectivity index (χ0) is 18.6. The van der Waals surface area contributed by atoms with Crippen LogP contribution in [0.4, 0.5) is 18.3 Å². The summed E-state index contributed by atoms with van der Waals surface area (Å²) >= 11 is 1.38. The predicted molar refractivity (Wildman–Crippen MR) is 91.9 cm³/mol. The molecule has 1 aromatic carbocycles. The van der Waals surface area contributed by atoms with E-state index in [1.807, 2.05) is 0 Å². The number of hydrogen-bond acceptors (Lipinski definition) is 5. The van der Waals surface area contributed by atoms with Gasteiger partial charge in [0.25, 0.3) is 0 Å². The van der Waals surface area contributed by atoms with Crippen LogP contribution in [0.1, 0.15) is 18.4 Å². The Morgan fingerprint density at radius 2 is 2.12 bits per heavy atom. The largest absolute Gasteiger partial charge is 0.573 e. The summed E-state index contributed by atoms with van der Waals surface area (Å²) in [7, 11) is 0. The summed E-state index contributed by atoms with van der Waals surface area (Å²) in [6.45, 7) is 2.03. The van der Waals surface area contributed by atoms with Crippen LogP contribution in [0, 0.1) is 5.92 Å². The Hall–Kier alpha value is -2.13. The number of benzene rings is 1. The van der Waals surface area contributed by atoms with Crippen molar-refractivity contribution in [2.75, 3.05) is 18.4 Å². The number of carbonyl (C=O) groups is 1. The first-order valence-corrected chi connectivity index (χ1v) is 9.04. The van der Waals surface area contributed by atoms with Gasteiger partial charge in [0, 0.05) is 24.7 Å². The van der Waals surface area contributed by atoms with Crippen LogP contribution in [0.3, 0.4) is 0 Å². The van der Waals surface area contributed by atoms with Gasteiger partial charge in [-0.1, -0.05) is 12.1 Å². The van der Waals surface area contributed by atoms with Gasteiger partial charge in [0.05, 0.1) is 5.92 Å². The van der Waals surface area contributed by atoms with E-state index in [1.54, 1.807) is 23.7 Å². The highest BCUT2D eigenvalue weighted by atomic mass is 32.1. The topological polar surface area (TPSA) is 54.5 Å². The van der Waals surface area contributed by atoms with Crippen molar-refractivity contribution in [2.24, 2.45) is 5.92 Å². The zero-order valence-electron chi connectivity index (χ0n) is 13.8. The molecule has 9 heteroatoms. The molecular formula is C17H18F3N3O2S. The number of nitrogens with zero attached hydrogens (tertiary/aromatic N) is 2. The molecule has 1 aromatic heterocycles. The molecule has 1 unspecified atom stereocenters. The molecule has 1 fully saturated rings. The predicted octanol–water partition coefficient (Wildman–Crippen LogP) is 3.89. The molecule has 1 aliphatic rings. The molecule has 0 spiro atoms. The molecule has 1 amide bonds. The van der Waals surface area contributed by atoms with E-state index in [9.17, 15) is 18.0 Å². The number of alkyl halides is 3. The highest BCUT2D eigenvalue weighted by Gasteiger charge is 2.31. The van der Waals surface area contributed by atoms with Gasteiger partial charge in [-0.15, -0.1) is 24.5 Å². The second-order valence-corrected chi connectivity index (χ2v) is 6.99. The highest BCUT2D eigenvalue weighted by Crippen LogP contribution is 2.24. The van der Waals surface area contributed by atoms with E-state index in [2.05, 4.69) is 19.9 Å². The third kappa shape index (κ3) is 5.43. The third-order valence-electron chi connectivity index (χ3n) is 4.10. The normalized spacial score (nSPS) is 18.5. The Labute approximate surface area is 152 Å². The number of rotatable bonds is 5. The highest BCUT2D eigenvalue weighted by molar-refractivity contribution is 7.13. The second kappa shape index (κ2) is 8.05. The quantitative estimate of drug-likeness (QED) is 0.848. The Kier molecular flexibility index (Phi) is 5.77. The fourth-order valence-corrected chi connectivity index (χ4v) is 3.49. The van der Waals surface area contributed by atoms with Gasteiger partial charge < -0.3 is 10.1 Å². The molecule has 0 aliphatic carbocycles. The maximum absolute atomic E-state index is 12.3. The molecule has 1 atom stereocenters. The van der Waals surface area contributed by atoms with Gasteiger partial charge in [0.15, 0.2) is 5.13 Å². The van der Waals surface area contributed by atoms with E-state index in [-0.39, 0.29) is 17.6 Å². The zero-order valence-corrected chi connectivity index (χ0v) is 14.6. The Bertz CT molecular complexity index is 720. The fraction of sp³-hybridized carbons (Fsp3) is 0.412. The molecule has 140 valence electrons. The van der Waals surface area contributed by atoms with Crippen molar-refractivity contribution in [3.8, 4) is 5.75 Å². The molecule has 0 radical (unpaired) electrons. The Morgan fingerprint density at radius 3 is 2.77 bits per heavy atom. The number of halogens is 3. The molecule has 3 rings (SSSR count). The van der Waals surface area contributed by atoms with Gasteiger partial charge in [0.1, 0.15) is 5.75 Å². The molecule has 26 heavy (non-hydrogen) atoms. The van der Waals surface area contributed by atoms with Crippen LogP contribution in [-0.2, 0) is 11.3 Å². The number of carbonyl (C=O) groups excluding carboxylic acids is 1. The molecule has 1 saturated heterocycles. The first-order chi connectivity index (χ1) is 12.4. The number of likely N-dealkylation sites (tertiary alicyclic amines) is 1. The minimum absolute atomic E-state index is 0.0430. The minimum Gasteiger partial charge on any atom is -0.406 e. The summed E-state index contributed by atoms with van der Waals surface area (Å²) in [6, 6.07) is 5.83. The maximum atomic E-state index is 12.3. The standard InChI is InChI=1S/C17H18F3N3O2S/c18-17(19,20)25-14-5-3-12(4-6-14)10-23-8-1-2-13(11-23)15(24)22-16-21-7-9-26-16/h3-7,9,13H,1-2,8,10-11H2,(H,21,22,24). The summed E-state index contributed by atoms with van der Waals surface area (Å²) in [5.74, 6) is -0.403. The van der Waals surface area contributed by atoms with E-state index in [0.29, 0.717) is 18.2 Å². The second-order valence-electron chi connectivity index (χ2n) is 6.09. The average Bonchev–Trinajstić information content (AvgIpc) is 3.08. The van der Waals surface area contributed by atoms with Crippen LogP contribution in [-0.4, -0.2) is 35.2 Å². The summed E-state index contributed by atoms with van der Waals surface area (Å²) in [5.41, 5.74) is 0.875. The van der Waals surface area contributed by atoms with Crippen molar-refractivity contribution >= 4 is 22.4 Å². The number of aromatic nitrogens is 1. The molecule has 0 saturated carbocycles. The first kappa shape index (κ1) is 18.7. The summed E-state index contributed by atoms with van der Waals surface area (Å²) < 4.78 is 40.5. The number of nitrogens with one attached hydrogen (secondary N) is 1. The molecule has 2 aromatic rings. The van der Waals surface area contributed by atoms with E-state index in [1.165, 1.54) is 23.5 Å². The third-order valence-corrected chi connectivity index (χ3v) is 4.79. The van der Waals surface area contributed by atoms with Gasteiger partial charge in [-0.25, -0.2) is 4.98 Å². The van der Waals surface area contributed by atoms with Crippen molar-refractivity contribution < 1.29 is 22.7 Å². The van der Waals surface area contributed by atoms with Crippen LogP contribution in [0.15, 0.2) is 35.8 Å². The number of amides is 1. The number of thiazole rings is 1. The Morgan fingerprint density at radius 1 is 1.35 bits per heavy atom. The van der Waals surface area contributed by atoms with E-state index in [0.717, 1.165) is 24.9 Å². The van der Waals surface area contributed by atoms with E-state index < -0.39 is 6.36 Å². The van der Waals surface area contributed by atoms with Crippen LogP contribution < -0.4 is 10.1 Å². The molecule has 1 N–H and O–H groups in total. The average molecular weight is 385 g/mol. The maximum Gasteiger partial charge on any atom is 0.573 e. The minimum atomic E-state index is -4.69. The van der Waals surface area contributed by atoms with Crippen molar-refractivity contribution in [3.63, 3.8) is 0 Å². The lowest BCUT2D eigenvalue weighted by Crippen LogP contribution is -2.40. The van der Waals surface area contributed by atoms with Gasteiger partial charge in [0.2, 0.25) is 5.91 Å². The lowest BCUT2D eigenvalue weighted by atomic mass is 9.97. The Balaban J connectivity index is 1.54. The SMILES string of the molecule is O=C(Nc1nccs1)C1CCCN(Cc2ccc(OC(F)(F)F)cc2)C1. The number of anilines is 1. The van der Waals surface area contributed by atoms with E-state index in [4.69, 9.17) is 0 Å². The molecule has 2 heterocycles. The van der Waals surface area contributed by atoms with Crippen LogP contribution in [0.5, 0.6) is 5.75 Å². The fourth-order valence-electron chi connectivity index (χ4n) is 2.96. The monoisotopic (exact) mass is 385 g/mol. The molecule has 0 bridgehead atoms. The number of ether oxygens (including phenoxy) is 1. The first-order valence-electron chi connectivity index (χ1n) is 8.16. The van der Waals surface area contributed by atoms with Crippen molar-refractivity contribution in [3.05, 3.63) is 41.4 Å². The lowest BCUT2D eigenvalue weighted by Gasteiger charge is -2.31.